The van der Waals surface area contributed by atoms with Crippen LogP contribution in [0, 0.1) is 0 Å². The first-order chi connectivity index (χ1) is 13.7. The van der Waals surface area contributed by atoms with Crippen molar-refractivity contribution in [3.05, 3.63) is 83.8 Å². The minimum absolute atomic E-state index is 0.370. The molecule has 1 amide bonds. The number of hydrogen-bond donors (Lipinski definition) is 1. The number of pyridine rings is 2. The van der Waals surface area contributed by atoms with Crippen LogP contribution in [0.5, 0.6) is 0 Å². The zero-order chi connectivity index (χ0) is 19.3. The number of primary amides is 1. The van der Waals surface area contributed by atoms with Crippen LogP contribution in [0.25, 0.3) is 11.3 Å². The van der Waals surface area contributed by atoms with Crippen LogP contribution in [-0.2, 0) is 6.54 Å². The number of nitrogens with zero attached hydrogens (tertiary/aromatic N) is 3. The normalized spacial score (nSPS) is 17.4. The van der Waals surface area contributed by atoms with Crippen LogP contribution >= 0.6 is 0 Å². The Morgan fingerprint density at radius 1 is 1.04 bits per heavy atom. The summed E-state index contributed by atoms with van der Waals surface area (Å²) in [6, 6.07) is 17.9. The minimum Gasteiger partial charge on any atom is -0.366 e. The average molecular weight is 372 g/mol. The molecule has 4 rings (SSSR count). The van der Waals surface area contributed by atoms with Crippen LogP contribution in [0.4, 0.5) is 0 Å². The monoisotopic (exact) mass is 372 g/mol. The molecular weight excluding hydrogens is 348 g/mol. The van der Waals surface area contributed by atoms with E-state index in [4.69, 9.17) is 5.73 Å². The van der Waals surface area contributed by atoms with E-state index in [0.717, 1.165) is 36.5 Å². The smallest absolute Gasteiger partial charge is 0.248 e. The Kier molecular flexibility index (Phi) is 5.44. The van der Waals surface area contributed by atoms with Gasteiger partial charge in [0.15, 0.2) is 0 Å². The second kappa shape index (κ2) is 8.31. The van der Waals surface area contributed by atoms with Crippen molar-refractivity contribution in [2.24, 2.45) is 5.73 Å². The van der Waals surface area contributed by atoms with Gasteiger partial charge < -0.3 is 5.73 Å². The Morgan fingerprint density at radius 2 is 1.89 bits per heavy atom. The highest BCUT2D eigenvalue weighted by Gasteiger charge is 2.24. The van der Waals surface area contributed by atoms with Gasteiger partial charge in [0.2, 0.25) is 5.91 Å². The average Bonchev–Trinajstić information content (AvgIpc) is 2.75. The van der Waals surface area contributed by atoms with Crippen LogP contribution < -0.4 is 5.73 Å². The molecule has 5 nitrogen and oxygen atoms in total. The van der Waals surface area contributed by atoms with Crippen LogP contribution in [0.1, 0.15) is 46.9 Å². The molecule has 2 aromatic heterocycles. The Morgan fingerprint density at radius 3 is 2.57 bits per heavy atom. The topological polar surface area (TPSA) is 72.1 Å². The SMILES string of the molecule is NC(=O)c1ccc(-c2ccc([C@@H]3CCCCN3Cc3ccccn3)cn2)cc1. The Bertz CT molecular complexity index is 923. The van der Waals surface area contributed by atoms with Crippen molar-refractivity contribution in [3.8, 4) is 11.3 Å². The molecule has 1 fully saturated rings. The predicted molar refractivity (Wildman–Crippen MR) is 109 cm³/mol. The number of aromatic nitrogens is 2. The first kappa shape index (κ1) is 18.3. The van der Waals surface area contributed by atoms with Gasteiger partial charge in [-0.1, -0.05) is 30.7 Å². The van der Waals surface area contributed by atoms with Crippen molar-refractivity contribution >= 4 is 5.91 Å². The molecule has 0 spiro atoms. The largest absolute Gasteiger partial charge is 0.366 e. The van der Waals surface area contributed by atoms with Gasteiger partial charge in [-0.25, -0.2) is 0 Å². The molecule has 1 aromatic carbocycles. The molecule has 3 heterocycles. The van der Waals surface area contributed by atoms with E-state index in [2.05, 4.69) is 33.1 Å². The molecule has 1 atom stereocenters. The molecule has 0 unspecified atom stereocenters. The molecule has 0 bridgehead atoms. The molecule has 0 aliphatic carbocycles. The summed E-state index contributed by atoms with van der Waals surface area (Å²) in [4.78, 5) is 22.9. The predicted octanol–water partition coefficient (Wildman–Crippen LogP) is 3.97. The van der Waals surface area contributed by atoms with E-state index in [9.17, 15) is 4.79 Å². The van der Waals surface area contributed by atoms with Crippen LogP contribution in [0.3, 0.4) is 0 Å². The molecule has 5 heteroatoms. The van der Waals surface area contributed by atoms with Crippen molar-refractivity contribution < 1.29 is 4.79 Å². The molecule has 2 N–H and O–H groups in total. The van der Waals surface area contributed by atoms with Gasteiger partial charge in [0.05, 0.1) is 11.4 Å². The third-order valence-corrected chi connectivity index (χ3v) is 5.34. The Hall–Kier alpha value is -3.05. The molecule has 0 saturated carbocycles. The molecule has 3 aromatic rings. The van der Waals surface area contributed by atoms with E-state index < -0.39 is 5.91 Å². The fraction of sp³-hybridized carbons (Fsp3) is 0.261. The van der Waals surface area contributed by atoms with E-state index in [1.165, 1.54) is 18.4 Å². The quantitative estimate of drug-likeness (QED) is 0.735. The van der Waals surface area contributed by atoms with Gasteiger partial charge in [0.25, 0.3) is 0 Å². The van der Waals surface area contributed by atoms with Crippen LogP contribution in [-0.4, -0.2) is 27.3 Å². The molecular formula is C23H24N4O. The third-order valence-electron chi connectivity index (χ3n) is 5.34. The number of piperidine rings is 1. The first-order valence-corrected chi connectivity index (χ1v) is 9.71. The van der Waals surface area contributed by atoms with Crippen molar-refractivity contribution in [2.75, 3.05) is 6.54 Å². The number of carbonyl (C=O) groups excluding carboxylic acids is 1. The third kappa shape index (κ3) is 4.10. The summed E-state index contributed by atoms with van der Waals surface area (Å²) in [5.74, 6) is -0.417. The molecule has 1 saturated heterocycles. The number of benzene rings is 1. The number of likely N-dealkylation sites (tertiary alicyclic amines) is 1. The maximum Gasteiger partial charge on any atom is 0.248 e. The van der Waals surface area contributed by atoms with Gasteiger partial charge in [-0.2, -0.15) is 0 Å². The van der Waals surface area contributed by atoms with Crippen molar-refractivity contribution in [2.45, 2.75) is 31.8 Å². The number of hydrogen-bond acceptors (Lipinski definition) is 4. The summed E-state index contributed by atoms with van der Waals surface area (Å²) < 4.78 is 0. The Labute approximate surface area is 165 Å². The van der Waals surface area contributed by atoms with E-state index in [-0.39, 0.29) is 0 Å². The lowest BCUT2D eigenvalue weighted by molar-refractivity contribution is 0.100. The lowest BCUT2D eigenvalue weighted by atomic mass is 9.95. The highest BCUT2D eigenvalue weighted by molar-refractivity contribution is 5.93. The zero-order valence-electron chi connectivity index (χ0n) is 15.8. The number of carbonyl (C=O) groups is 1. The second-order valence-corrected chi connectivity index (χ2v) is 7.22. The summed E-state index contributed by atoms with van der Waals surface area (Å²) in [7, 11) is 0. The maximum absolute atomic E-state index is 11.2. The fourth-order valence-corrected chi connectivity index (χ4v) is 3.84. The van der Waals surface area contributed by atoms with Gasteiger partial charge in [-0.15, -0.1) is 0 Å². The molecule has 28 heavy (non-hydrogen) atoms. The standard InChI is InChI=1S/C23H24N4O/c24-23(28)18-9-7-17(8-10-18)21-12-11-19(15-26-21)22-6-2-4-14-27(22)16-20-5-1-3-13-25-20/h1,3,5,7-13,15,22H,2,4,6,14,16H2,(H2,24,28)/t22-/m0/s1. The van der Waals surface area contributed by atoms with Crippen LogP contribution in [0.2, 0.25) is 0 Å². The van der Waals surface area contributed by atoms with E-state index in [1.807, 2.05) is 36.7 Å². The van der Waals surface area contributed by atoms with Gasteiger partial charge >= 0.3 is 0 Å². The summed E-state index contributed by atoms with van der Waals surface area (Å²) in [5.41, 5.74) is 10.0. The Balaban J connectivity index is 1.52. The summed E-state index contributed by atoms with van der Waals surface area (Å²) >= 11 is 0. The molecule has 0 radical (unpaired) electrons. The fourth-order valence-electron chi connectivity index (χ4n) is 3.84. The maximum atomic E-state index is 11.2. The summed E-state index contributed by atoms with van der Waals surface area (Å²) in [6.07, 6.45) is 7.44. The molecule has 142 valence electrons. The minimum atomic E-state index is -0.417. The molecule has 1 aliphatic rings. The highest BCUT2D eigenvalue weighted by Crippen LogP contribution is 2.32. The number of nitrogens with two attached hydrogens (primary N) is 1. The lowest BCUT2D eigenvalue weighted by Crippen LogP contribution is -2.33. The first-order valence-electron chi connectivity index (χ1n) is 9.71. The second-order valence-electron chi connectivity index (χ2n) is 7.22. The summed E-state index contributed by atoms with van der Waals surface area (Å²) in [6.45, 7) is 1.94. The highest BCUT2D eigenvalue weighted by atomic mass is 16.1. The van der Waals surface area contributed by atoms with E-state index in [1.54, 1.807) is 12.1 Å². The van der Waals surface area contributed by atoms with Gasteiger partial charge in [0.1, 0.15) is 0 Å². The molecule has 1 aliphatic heterocycles. The number of amides is 1. The van der Waals surface area contributed by atoms with Gasteiger partial charge in [0, 0.05) is 36.1 Å². The zero-order valence-corrected chi connectivity index (χ0v) is 15.8. The van der Waals surface area contributed by atoms with Crippen molar-refractivity contribution in [3.63, 3.8) is 0 Å². The van der Waals surface area contributed by atoms with Crippen LogP contribution in [0.15, 0.2) is 67.0 Å². The van der Waals surface area contributed by atoms with Crippen molar-refractivity contribution in [1.82, 2.24) is 14.9 Å². The number of rotatable bonds is 5. The van der Waals surface area contributed by atoms with Gasteiger partial charge in [-0.3, -0.25) is 19.7 Å². The van der Waals surface area contributed by atoms with Gasteiger partial charge in [-0.05, 0) is 55.3 Å². The van der Waals surface area contributed by atoms with Crippen molar-refractivity contribution in [1.29, 1.82) is 0 Å². The van der Waals surface area contributed by atoms with E-state index >= 15 is 0 Å². The van der Waals surface area contributed by atoms with E-state index in [0.29, 0.717) is 11.6 Å². The lowest BCUT2D eigenvalue weighted by Gasteiger charge is -2.35. The summed E-state index contributed by atoms with van der Waals surface area (Å²) in [5, 5.41) is 0.